The second kappa shape index (κ2) is 4.57. The molecule has 2 aromatic rings. The molecule has 2 aromatic carbocycles. The molecule has 3 heteroatoms. The van der Waals surface area contributed by atoms with E-state index < -0.39 is 11.6 Å². The van der Waals surface area contributed by atoms with Crippen molar-refractivity contribution in [1.29, 1.82) is 0 Å². The smallest absolute Gasteiger partial charge is 0.163 e. The van der Waals surface area contributed by atoms with E-state index in [2.05, 4.69) is 0 Å². The van der Waals surface area contributed by atoms with Crippen molar-refractivity contribution in [3.63, 3.8) is 0 Å². The maximum absolute atomic E-state index is 13.7. The lowest BCUT2D eigenvalue weighted by Gasteiger charge is -2.16. The van der Waals surface area contributed by atoms with E-state index in [0.29, 0.717) is 17.5 Å². The van der Waals surface area contributed by atoms with Crippen LogP contribution in [0.25, 0.3) is 11.1 Å². The Morgan fingerprint density at radius 2 is 1.74 bits per heavy atom. The Kier molecular flexibility index (Phi) is 2.90. The minimum atomic E-state index is -0.467. The average Bonchev–Trinajstić information content (AvgIpc) is 2.41. The fourth-order valence-corrected chi connectivity index (χ4v) is 2.53. The highest BCUT2D eigenvalue weighted by molar-refractivity contribution is 5.99. The zero-order chi connectivity index (χ0) is 13.4. The predicted octanol–water partition coefficient (Wildman–Crippen LogP) is 4.15. The Morgan fingerprint density at radius 3 is 2.58 bits per heavy atom. The maximum Gasteiger partial charge on any atom is 0.163 e. The summed E-state index contributed by atoms with van der Waals surface area (Å²) >= 11 is 0. The van der Waals surface area contributed by atoms with E-state index in [0.717, 1.165) is 30.5 Å². The number of fused-ring (bicyclic) bond motifs is 1. The first kappa shape index (κ1) is 12.0. The fourth-order valence-electron chi connectivity index (χ4n) is 2.53. The second-order valence-corrected chi connectivity index (χ2v) is 4.77. The molecule has 19 heavy (non-hydrogen) atoms. The first-order valence-electron chi connectivity index (χ1n) is 6.27. The van der Waals surface area contributed by atoms with E-state index in [1.54, 1.807) is 18.2 Å². The van der Waals surface area contributed by atoms with Gasteiger partial charge >= 0.3 is 0 Å². The quantitative estimate of drug-likeness (QED) is 0.751. The number of rotatable bonds is 1. The molecule has 1 aliphatic carbocycles. The van der Waals surface area contributed by atoms with Crippen LogP contribution in [0.5, 0.6) is 0 Å². The number of benzene rings is 2. The highest BCUT2D eigenvalue weighted by Crippen LogP contribution is 2.29. The van der Waals surface area contributed by atoms with Crippen molar-refractivity contribution in [3.05, 3.63) is 59.2 Å². The summed E-state index contributed by atoms with van der Waals surface area (Å²) in [5.74, 6) is -0.791. The van der Waals surface area contributed by atoms with Gasteiger partial charge in [-0.1, -0.05) is 18.2 Å². The predicted molar refractivity (Wildman–Crippen MR) is 69.1 cm³/mol. The van der Waals surface area contributed by atoms with Crippen LogP contribution in [-0.2, 0) is 6.42 Å². The lowest BCUT2D eigenvalue weighted by atomic mass is 9.88. The number of aryl methyl sites for hydroxylation is 1. The minimum Gasteiger partial charge on any atom is -0.294 e. The second-order valence-electron chi connectivity index (χ2n) is 4.77. The molecule has 0 amide bonds. The normalized spacial score (nSPS) is 14.3. The van der Waals surface area contributed by atoms with Gasteiger partial charge in [0, 0.05) is 17.5 Å². The van der Waals surface area contributed by atoms with Gasteiger partial charge in [0.05, 0.1) is 0 Å². The van der Waals surface area contributed by atoms with Gasteiger partial charge in [-0.2, -0.15) is 0 Å². The Morgan fingerprint density at radius 1 is 0.895 bits per heavy atom. The van der Waals surface area contributed by atoms with Crippen LogP contribution < -0.4 is 0 Å². The van der Waals surface area contributed by atoms with Gasteiger partial charge in [0.2, 0.25) is 0 Å². The van der Waals surface area contributed by atoms with Crippen LogP contribution in [0.2, 0.25) is 0 Å². The van der Waals surface area contributed by atoms with E-state index in [4.69, 9.17) is 0 Å². The maximum atomic E-state index is 13.7. The van der Waals surface area contributed by atoms with E-state index >= 15 is 0 Å². The Labute approximate surface area is 109 Å². The third-order valence-corrected chi connectivity index (χ3v) is 3.50. The third kappa shape index (κ3) is 2.16. The number of hydrogen-bond donors (Lipinski definition) is 0. The molecule has 3 rings (SSSR count). The molecule has 0 N–H and O–H groups in total. The Hall–Kier alpha value is -2.03. The zero-order valence-electron chi connectivity index (χ0n) is 10.2. The highest BCUT2D eigenvalue weighted by atomic mass is 19.1. The molecule has 0 radical (unpaired) electrons. The summed E-state index contributed by atoms with van der Waals surface area (Å²) in [6, 6.07) is 8.60. The lowest BCUT2D eigenvalue weighted by molar-refractivity contribution is 0.0972. The molecule has 0 aliphatic heterocycles. The Balaban J connectivity index is 2.11. The third-order valence-electron chi connectivity index (χ3n) is 3.50. The summed E-state index contributed by atoms with van der Waals surface area (Å²) in [5, 5.41) is 0. The van der Waals surface area contributed by atoms with E-state index in [1.807, 2.05) is 0 Å². The van der Waals surface area contributed by atoms with Crippen molar-refractivity contribution in [2.24, 2.45) is 0 Å². The molecular weight excluding hydrogens is 246 g/mol. The van der Waals surface area contributed by atoms with E-state index in [-0.39, 0.29) is 11.3 Å². The summed E-state index contributed by atoms with van der Waals surface area (Å²) in [6.07, 6.45) is 2.20. The van der Waals surface area contributed by atoms with Gasteiger partial charge in [-0.05, 0) is 42.2 Å². The van der Waals surface area contributed by atoms with Gasteiger partial charge in [-0.15, -0.1) is 0 Å². The molecule has 1 nitrogen and oxygen atoms in total. The molecular formula is C16H12F2O. The van der Waals surface area contributed by atoms with Crippen LogP contribution in [-0.4, -0.2) is 5.78 Å². The SMILES string of the molecule is O=C1CCCc2cc(-c3cc(F)ccc3F)ccc21. The van der Waals surface area contributed by atoms with E-state index in [1.165, 1.54) is 6.07 Å². The van der Waals surface area contributed by atoms with Crippen molar-refractivity contribution < 1.29 is 13.6 Å². The first-order chi connectivity index (χ1) is 9.15. The largest absolute Gasteiger partial charge is 0.294 e. The highest BCUT2D eigenvalue weighted by Gasteiger charge is 2.18. The molecule has 1 aliphatic rings. The molecule has 0 spiro atoms. The minimum absolute atomic E-state index is 0.132. The molecule has 0 bridgehead atoms. The molecule has 0 aromatic heterocycles. The number of Topliss-reactive ketones (excluding diaryl/α,β-unsaturated/α-hetero) is 1. The van der Waals surface area contributed by atoms with Crippen LogP contribution in [0.4, 0.5) is 8.78 Å². The number of carbonyl (C=O) groups excluding carboxylic acids is 1. The molecule has 0 heterocycles. The van der Waals surface area contributed by atoms with Crippen molar-refractivity contribution in [2.75, 3.05) is 0 Å². The van der Waals surface area contributed by atoms with Gasteiger partial charge in [0.25, 0.3) is 0 Å². The Bertz CT molecular complexity index is 662. The van der Waals surface area contributed by atoms with Crippen molar-refractivity contribution in [1.82, 2.24) is 0 Å². The summed E-state index contributed by atoms with van der Waals surface area (Å²) in [6.45, 7) is 0. The number of ketones is 1. The summed E-state index contributed by atoms with van der Waals surface area (Å²) in [4.78, 5) is 11.7. The van der Waals surface area contributed by atoms with Gasteiger partial charge in [0.1, 0.15) is 11.6 Å². The number of hydrogen-bond acceptors (Lipinski definition) is 1. The zero-order valence-corrected chi connectivity index (χ0v) is 10.2. The lowest BCUT2D eigenvalue weighted by Crippen LogP contribution is -2.10. The van der Waals surface area contributed by atoms with Gasteiger partial charge in [0.15, 0.2) is 5.78 Å². The topological polar surface area (TPSA) is 17.1 Å². The molecule has 0 saturated carbocycles. The van der Waals surface area contributed by atoms with Crippen molar-refractivity contribution in [3.8, 4) is 11.1 Å². The molecule has 0 saturated heterocycles. The van der Waals surface area contributed by atoms with Gasteiger partial charge in [-0.25, -0.2) is 8.78 Å². The summed E-state index contributed by atoms with van der Waals surface area (Å²) in [7, 11) is 0. The van der Waals surface area contributed by atoms with Crippen LogP contribution in [0.3, 0.4) is 0 Å². The van der Waals surface area contributed by atoms with Crippen molar-refractivity contribution in [2.45, 2.75) is 19.3 Å². The fraction of sp³-hybridized carbons (Fsp3) is 0.188. The number of carbonyl (C=O) groups is 1. The van der Waals surface area contributed by atoms with Crippen LogP contribution in [0, 0.1) is 11.6 Å². The summed E-state index contributed by atoms with van der Waals surface area (Å²) in [5.41, 5.74) is 2.50. The van der Waals surface area contributed by atoms with Crippen LogP contribution >= 0.6 is 0 Å². The van der Waals surface area contributed by atoms with Gasteiger partial charge < -0.3 is 0 Å². The molecule has 0 unspecified atom stereocenters. The van der Waals surface area contributed by atoms with Crippen molar-refractivity contribution >= 4 is 5.78 Å². The van der Waals surface area contributed by atoms with Crippen LogP contribution in [0.1, 0.15) is 28.8 Å². The summed E-state index contributed by atoms with van der Waals surface area (Å²) < 4.78 is 26.9. The van der Waals surface area contributed by atoms with Crippen LogP contribution in [0.15, 0.2) is 36.4 Å². The monoisotopic (exact) mass is 258 g/mol. The van der Waals surface area contributed by atoms with Gasteiger partial charge in [-0.3, -0.25) is 4.79 Å². The molecule has 96 valence electrons. The van der Waals surface area contributed by atoms with E-state index in [9.17, 15) is 13.6 Å². The average molecular weight is 258 g/mol. The molecule has 0 fully saturated rings. The first-order valence-corrected chi connectivity index (χ1v) is 6.27. The molecule has 0 atom stereocenters. The standard InChI is InChI=1S/C16H12F2O/c17-12-5-7-15(18)14(9-12)11-4-6-13-10(8-11)2-1-3-16(13)19/h4-9H,1-3H2. The number of halogens is 2.